The van der Waals surface area contributed by atoms with Crippen molar-refractivity contribution in [1.82, 2.24) is 19.8 Å². The van der Waals surface area contributed by atoms with Gasteiger partial charge in [0.2, 0.25) is 0 Å². The van der Waals surface area contributed by atoms with Gasteiger partial charge < -0.3 is 4.74 Å². The molecule has 1 atom stereocenters. The van der Waals surface area contributed by atoms with E-state index in [2.05, 4.69) is 55.1 Å². The Balaban J connectivity index is 1.42. The monoisotopic (exact) mass is 380 g/mol. The third-order valence-electron chi connectivity index (χ3n) is 5.78. The molecule has 5 heteroatoms. The van der Waals surface area contributed by atoms with Crippen molar-refractivity contribution < 1.29 is 4.74 Å². The predicted octanol–water partition coefficient (Wildman–Crippen LogP) is 3.98. The van der Waals surface area contributed by atoms with Crippen LogP contribution >= 0.6 is 0 Å². The van der Waals surface area contributed by atoms with Gasteiger partial charge in [-0.15, -0.1) is 0 Å². The van der Waals surface area contributed by atoms with Gasteiger partial charge in [0, 0.05) is 43.5 Å². The second-order valence-electron chi connectivity index (χ2n) is 8.47. The second-order valence-corrected chi connectivity index (χ2v) is 8.47. The van der Waals surface area contributed by atoms with Gasteiger partial charge in [-0.3, -0.25) is 9.80 Å². The molecule has 0 radical (unpaired) electrons. The highest BCUT2D eigenvalue weighted by atomic mass is 16.5. The fourth-order valence-corrected chi connectivity index (χ4v) is 4.33. The number of benzene rings is 1. The first kappa shape index (κ1) is 19.3. The van der Waals surface area contributed by atoms with Crippen LogP contribution in [0.1, 0.15) is 61.8 Å². The van der Waals surface area contributed by atoms with E-state index < -0.39 is 0 Å². The number of hydrogen-bond donors (Lipinski definition) is 0. The maximum absolute atomic E-state index is 5.84. The van der Waals surface area contributed by atoms with Crippen molar-refractivity contribution in [3.8, 4) is 5.75 Å². The highest BCUT2D eigenvalue weighted by molar-refractivity contribution is 5.29. The van der Waals surface area contributed by atoms with Crippen LogP contribution in [-0.4, -0.2) is 46.0 Å². The van der Waals surface area contributed by atoms with E-state index in [-0.39, 0.29) is 6.10 Å². The van der Waals surface area contributed by atoms with Gasteiger partial charge in [-0.05, 0) is 58.0 Å². The summed E-state index contributed by atoms with van der Waals surface area (Å²) in [6.45, 7) is 8.17. The Bertz CT molecular complexity index is 807. The molecule has 0 spiro atoms. The number of nitrogens with zero attached hydrogens (tertiary/aromatic N) is 4. The average Bonchev–Trinajstić information content (AvgIpc) is 2.68. The SMILES string of the molecule is CC(C)Oc1cccc(CN2CCc3nc([C@H]4CCCCN4C)ncc3C2)c1. The fraction of sp³-hybridized carbons (Fsp3) is 0.565. The van der Waals surface area contributed by atoms with Gasteiger partial charge in [0.05, 0.1) is 12.1 Å². The van der Waals surface area contributed by atoms with Gasteiger partial charge in [-0.2, -0.15) is 0 Å². The molecule has 1 fully saturated rings. The van der Waals surface area contributed by atoms with Crippen LogP contribution in [0.5, 0.6) is 5.75 Å². The summed E-state index contributed by atoms with van der Waals surface area (Å²) in [5, 5.41) is 0. The van der Waals surface area contributed by atoms with Crippen LogP contribution in [0.2, 0.25) is 0 Å². The molecule has 0 amide bonds. The van der Waals surface area contributed by atoms with Gasteiger partial charge in [0.25, 0.3) is 0 Å². The summed E-state index contributed by atoms with van der Waals surface area (Å²) in [6.07, 6.45) is 7.02. The lowest BCUT2D eigenvalue weighted by Gasteiger charge is -2.33. The van der Waals surface area contributed by atoms with E-state index in [0.717, 1.165) is 44.2 Å². The molecule has 2 aliphatic rings. The van der Waals surface area contributed by atoms with Crippen LogP contribution in [0, 0.1) is 0 Å². The Morgan fingerprint density at radius 1 is 1.21 bits per heavy atom. The fourth-order valence-electron chi connectivity index (χ4n) is 4.33. The second kappa shape index (κ2) is 8.58. The number of rotatable bonds is 5. The van der Waals surface area contributed by atoms with E-state index in [9.17, 15) is 0 Å². The lowest BCUT2D eigenvalue weighted by atomic mass is 10.0. The Morgan fingerprint density at radius 3 is 2.93 bits per heavy atom. The maximum Gasteiger partial charge on any atom is 0.145 e. The Morgan fingerprint density at radius 2 is 2.11 bits per heavy atom. The largest absolute Gasteiger partial charge is 0.491 e. The molecule has 3 heterocycles. The molecule has 0 bridgehead atoms. The van der Waals surface area contributed by atoms with Crippen LogP contribution in [0.3, 0.4) is 0 Å². The molecule has 1 saturated heterocycles. The molecular formula is C23H32N4O. The van der Waals surface area contributed by atoms with Gasteiger partial charge in [-0.25, -0.2) is 9.97 Å². The number of fused-ring (bicyclic) bond motifs is 1. The van der Waals surface area contributed by atoms with Crippen molar-refractivity contribution in [3.63, 3.8) is 0 Å². The van der Waals surface area contributed by atoms with Crippen LogP contribution in [-0.2, 0) is 19.5 Å². The first-order valence-electron chi connectivity index (χ1n) is 10.6. The highest BCUT2D eigenvalue weighted by Crippen LogP contribution is 2.28. The van der Waals surface area contributed by atoms with Crippen LogP contribution in [0.4, 0.5) is 0 Å². The minimum atomic E-state index is 0.201. The van der Waals surface area contributed by atoms with Crippen LogP contribution < -0.4 is 4.74 Å². The van der Waals surface area contributed by atoms with E-state index in [1.807, 2.05) is 6.07 Å². The van der Waals surface area contributed by atoms with Crippen LogP contribution in [0.15, 0.2) is 30.5 Å². The van der Waals surface area contributed by atoms with E-state index in [0.29, 0.717) is 6.04 Å². The lowest BCUT2D eigenvalue weighted by molar-refractivity contribution is 0.178. The third kappa shape index (κ3) is 4.53. The molecule has 5 nitrogen and oxygen atoms in total. The molecule has 1 aromatic heterocycles. The molecule has 2 aromatic rings. The van der Waals surface area contributed by atoms with Crippen molar-refractivity contribution in [2.75, 3.05) is 20.1 Å². The summed E-state index contributed by atoms with van der Waals surface area (Å²) in [7, 11) is 2.20. The third-order valence-corrected chi connectivity index (χ3v) is 5.78. The smallest absolute Gasteiger partial charge is 0.145 e. The van der Waals surface area contributed by atoms with Crippen LogP contribution in [0.25, 0.3) is 0 Å². The van der Waals surface area contributed by atoms with Crippen molar-refractivity contribution in [2.45, 2.75) is 64.8 Å². The Kier molecular flexibility index (Phi) is 5.93. The minimum absolute atomic E-state index is 0.201. The maximum atomic E-state index is 5.84. The molecule has 0 N–H and O–H groups in total. The average molecular weight is 381 g/mol. The summed E-state index contributed by atoms with van der Waals surface area (Å²) in [4.78, 5) is 14.6. The summed E-state index contributed by atoms with van der Waals surface area (Å²) >= 11 is 0. The van der Waals surface area contributed by atoms with Gasteiger partial charge in [0.15, 0.2) is 0 Å². The normalized spacial score (nSPS) is 20.9. The van der Waals surface area contributed by atoms with Crippen molar-refractivity contribution >= 4 is 0 Å². The first-order chi connectivity index (χ1) is 13.6. The zero-order chi connectivity index (χ0) is 19.5. The zero-order valence-corrected chi connectivity index (χ0v) is 17.4. The van der Waals surface area contributed by atoms with Crippen molar-refractivity contribution in [1.29, 1.82) is 0 Å². The quantitative estimate of drug-likeness (QED) is 0.785. The molecule has 1 aromatic carbocycles. The summed E-state index contributed by atoms with van der Waals surface area (Å²) in [5.74, 6) is 1.97. The molecule has 4 rings (SSSR count). The summed E-state index contributed by atoms with van der Waals surface area (Å²) in [6, 6.07) is 8.85. The molecular weight excluding hydrogens is 348 g/mol. The first-order valence-corrected chi connectivity index (χ1v) is 10.6. The number of aromatic nitrogens is 2. The van der Waals surface area contributed by atoms with E-state index in [4.69, 9.17) is 14.7 Å². The lowest BCUT2D eigenvalue weighted by Crippen LogP contribution is -2.33. The zero-order valence-electron chi connectivity index (χ0n) is 17.4. The topological polar surface area (TPSA) is 41.5 Å². The van der Waals surface area contributed by atoms with Crippen molar-refractivity contribution in [2.24, 2.45) is 0 Å². The molecule has 28 heavy (non-hydrogen) atoms. The summed E-state index contributed by atoms with van der Waals surface area (Å²) < 4.78 is 5.84. The number of likely N-dealkylation sites (tertiary alicyclic amines) is 1. The highest BCUT2D eigenvalue weighted by Gasteiger charge is 2.25. The molecule has 2 aliphatic heterocycles. The van der Waals surface area contributed by atoms with Gasteiger partial charge in [-0.1, -0.05) is 18.6 Å². The molecule has 0 aliphatic carbocycles. The van der Waals surface area contributed by atoms with Gasteiger partial charge in [0.1, 0.15) is 11.6 Å². The van der Waals surface area contributed by atoms with E-state index >= 15 is 0 Å². The number of ether oxygens (including phenoxy) is 1. The van der Waals surface area contributed by atoms with Gasteiger partial charge >= 0.3 is 0 Å². The molecule has 150 valence electrons. The Hall–Kier alpha value is -1.98. The van der Waals surface area contributed by atoms with E-state index in [1.54, 1.807) is 0 Å². The number of hydrogen-bond acceptors (Lipinski definition) is 5. The van der Waals surface area contributed by atoms with E-state index in [1.165, 1.54) is 36.1 Å². The minimum Gasteiger partial charge on any atom is -0.491 e. The Labute approximate surface area is 168 Å². The predicted molar refractivity (Wildman–Crippen MR) is 111 cm³/mol. The summed E-state index contributed by atoms with van der Waals surface area (Å²) in [5.41, 5.74) is 3.82. The van der Waals surface area contributed by atoms with Crippen molar-refractivity contribution in [3.05, 3.63) is 53.1 Å². The molecule has 0 saturated carbocycles. The number of piperidine rings is 1. The molecule has 0 unspecified atom stereocenters. The standard InChI is InChI=1S/C23H32N4O/c1-17(2)28-20-8-6-7-18(13-20)15-27-12-10-21-19(16-27)14-24-23(25-21)22-9-4-5-11-26(22)3/h6-8,13-14,17,22H,4-5,9-12,15-16H2,1-3H3/t22-/m1/s1.